The largest absolute Gasteiger partial charge is 0.376 e. The number of benzene rings is 1. The lowest BCUT2D eigenvalue weighted by atomic mass is 10.0. The molecule has 1 aliphatic heterocycles. The zero-order chi connectivity index (χ0) is 15.5. The Morgan fingerprint density at radius 2 is 1.74 bits per heavy atom. The average molecular weight is 314 g/mol. The molecule has 3 heteroatoms. The van der Waals surface area contributed by atoms with Gasteiger partial charge in [0.15, 0.2) is 5.79 Å². The molecule has 2 saturated carbocycles. The van der Waals surface area contributed by atoms with Gasteiger partial charge in [-0.05, 0) is 36.7 Å². The molecule has 2 atom stereocenters. The van der Waals surface area contributed by atoms with Crippen molar-refractivity contribution in [2.24, 2.45) is 11.8 Å². The summed E-state index contributed by atoms with van der Waals surface area (Å²) in [7, 11) is 0. The molecule has 0 amide bonds. The van der Waals surface area contributed by atoms with E-state index >= 15 is 0 Å². The topological polar surface area (TPSA) is 27.7 Å². The van der Waals surface area contributed by atoms with Crippen molar-refractivity contribution in [1.82, 2.24) is 0 Å². The van der Waals surface area contributed by atoms with Crippen molar-refractivity contribution < 1.29 is 14.2 Å². The van der Waals surface area contributed by atoms with Gasteiger partial charge in [-0.1, -0.05) is 42.0 Å². The number of ether oxygens (including phenoxy) is 3. The van der Waals surface area contributed by atoms with E-state index in [1.54, 1.807) is 5.57 Å². The summed E-state index contributed by atoms with van der Waals surface area (Å²) in [5, 5.41) is 0. The second kappa shape index (κ2) is 6.76. The molecule has 23 heavy (non-hydrogen) atoms. The Kier molecular flexibility index (Phi) is 4.52. The van der Waals surface area contributed by atoms with E-state index in [0.29, 0.717) is 6.61 Å². The summed E-state index contributed by atoms with van der Waals surface area (Å²) in [6, 6.07) is 10.4. The lowest BCUT2D eigenvalue weighted by Gasteiger charge is -2.22. The van der Waals surface area contributed by atoms with Gasteiger partial charge in [0, 0.05) is 12.8 Å². The Bertz CT molecular complexity index is 527. The van der Waals surface area contributed by atoms with Crippen molar-refractivity contribution in [1.29, 1.82) is 0 Å². The minimum atomic E-state index is -0.209. The average Bonchev–Trinajstić information content (AvgIpc) is 3.24. The van der Waals surface area contributed by atoms with E-state index in [-0.39, 0.29) is 5.79 Å². The minimum Gasteiger partial charge on any atom is -0.376 e. The van der Waals surface area contributed by atoms with Crippen LogP contribution in [0.15, 0.2) is 42.0 Å². The quantitative estimate of drug-likeness (QED) is 0.605. The maximum absolute atomic E-state index is 5.87. The zero-order valence-corrected chi connectivity index (χ0v) is 13.7. The fourth-order valence-electron chi connectivity index (χ4n) is 4.46. The molecule has 0 radical (unpaired) electrons. The highest BCUT2D eigenvalue weighted by Gasteiger charge is 2.51. The van der Waals surface area contributed by atoms with Crippen molar-refractivity contribution >= 4 is 0 Å². The van der Waals surface area contributed by atoms with E-state index < -0.39 is 0 Å². The Labute approximate surface area is 138 Å². The van der Waals surface area contributed by atoms with Crippen molar-refractivity contribution in [2.45, 2.75) is 44.5 Å². The number of rotatable bonds is 5. The molecule has 1 heterocycles. The number of hydrogen-bond donors (Lipinski definition) is 0. The lowest BCUT2D eigenvalue weighted by molar-refractivity contribution is -0.154. The lowest BCUT2D eigenvalue weighted by Crippen LogP contribution is -2.26. The van der Waals surface area contributed by atoms with Crippen LogP contribution >= 0.6 is 0 Å². The first-order valence-corrected chi connectivity index (χ1v) is 8.90. The van der Waals surface area contributed by atoms with Crippen LogP contribution in [0, 0.1) is 11.8 Å². The van der Waals surface area contributed by atoms with Gasteiger partial charge in [0.1, 0.15) is 0 Å². The first kappa shape index (κ1) is 15.4. The van der Waals surface area contributed by atoms with Gasteiger partial charge in [-0.15, -0.1) is 0 Å². The van der Waals surface area contributed by atoms with Crippen LogP contribution < -0.4 is 0 Å². The molecule has 3 fully saturated rings. The monoisotopic (exact) mass is 314 g/mol. The Balaban J connectivity index is 1.19. The molecule has 4 rings (SSSR count). The molecule has 1 aromatic carbocycles. The Morgan fingerprint density at radius 1 is 1.04 bits per heavy atom. The van der Waals surface area contributed by atoms with Crippen molar-refractivity contribution in [2.75, 3.05) is 19.8 Å². The molecule has 0 aromatic heterocycles. The Hall–Kier alpha value is -1.16. The molecule has 0 N–H and O–H groups in total. The van der Waals surface area contributed by atoms with Crippen LogP contribution in [-0.2, 0) is 20.8 Å². The SMILES string of the molecule is C(CCOCc1ccccc1)=C1C[C@@H]2CC3(C[C@@H]2C1)OCCO3. The van der Waals surface area contributed by atoms with Crippen molar-refractivity contribution in [3.63, 3.8) is 0 Å². The van der Waals surface area contributed by atoms with Crippen LogP contribution in [-0.4, -0.2) is 25.6 Å². The first-order valence-electron chi connectivity index (χ1n) is 8.90. The van der Waals surface area contributed by atoms with Crippen LogP contribution in [0.5, 0.6) is 0 Å². The zero-order valence-electron chi connectivity index (χ0n) is 13.7. The van der Waals surface area contributed by atoms with Gasteiger partial charge in [0.05, 0.1) is 26.4 Å². The first-order chi connectivity index (χ1) is 11.3. The highest BCUT2D eigenvalue weighted by Crippen LogP contribution is 2.53. The summed E-state index contributed by atoms with van der Waals surface area (Å²) in [4.78, 5) is 0. The van der Waals surface area contributed by atoms with Gasteiger partial charge >= 0.3 is 0 Å². The summed E-state index contributed by atoms with van der Waals surface area (Å²) in [6.45, 7) is 3.08. The summed E-state index contributed by atoms with van der Waals surface area (Å²) in [6.07, 6.45) is 8.10. The van der Waals surface area contributed by atoms with Crippen LogP contribution in [0.25, 0.3) is 0 Å². The minimum absolute atomic E-state index is 0.209. The smallest absolute Gasteiger partial charge is 0.169 e. The molecular weight excluding hydrogens is 288 g/mol. The molecule has 3 aliphatic rings. The molecule has 124 valence electrons. The molecule has 1 saturated heterocycles. The van der Waals surface area contributed by atoms with Crippen LogP contribution in [0.1, 0.15) is 37.7 Å². The third-order valence-electron chi connectivity index (χ3n) is 5.48. The van der Waals surface area contributed by atoms with Gasteiger partial charge in [-0.25, -0.2) is 0 Å². The molecule has 0 unspecified atom stereocenters. The fourth-order valence-corrected chi connectivity index (χ4v) is 4.46. The van der Waals surface area contributed by atoms with Gasteiger partial charge < -0.3 is 14.2 Å². The highest BCUT2D eigenvalue weighted by atomic mass is 16.7. The summed E-state index contributed by atoms with van der Waals surface area (Å²) >= 11 is 0. The van der Waals surface area contributed by atoms with Crippen molar-refractivity contribution in [3.8, 4) is 0 Å². The maximum atomic E-state index is 5.87. The third-order valence-corrected chi connectivity index (χ3v) is 5.48. The highest BCUT2D eigenvalue weighted by molar-refractivity contribution is 5.15. The second-order valence-electron chi connectivity index (χ2n) is 7.13. The molecule has 1 aromatic rings. The molecule has 3 nitrogen and oxygen atoms in total. The van der Waals surface area contributed by atoms with E-state index in [0.717, 1.165) is 50.9 Å². The normalized spacial score (nSPS) is 30.3. The van der Waals surface area contributed by atoms with E-state index in [1.807, 2.05) is 6.07 Å². The van der Waals surface area contributed by atoms with E-state index in [2.05, 4.69) is 30.3 Å². The molecule has 1 spiro atoms. The predicted octanol–water partition coefficient (Wildman–Crippen LogP) is 4.08. The maximum Gasteiger partial charge on any atom is 0.169 e. The molecular formula is C20H26O3. The standard InChI is InChI=1S/C20H26O3/c1-2-5-16(6-3-1)15-21-8-4-7-17-11-18-13-20(14-19(18)12-17)22-9-10-23-20/h1-3,5-7,18-19H,4,8-15H2/t18-,19+. The number of allylic oxidation sites excluding steroid dienone is 1. The van der Waals surface area contributed by atoms with Crippen LogP contribution in [0.3, 0.4) is 0 Å². The summed E-state index contributed by atoms with van der Waals surface area (Å²) in [5.41, 5.74) is 2.87. The van der Waals surface area contributed by atoms with Crippen molar-refractivity contribution in [3.05, 3.63) is 47.5 Å². The van der Waals surface area contributed by atoms with Crippen LogP contribution in [0.2, 0.25) is 0 Å². The van der Waals surface area contributed by atoms with Gasteiger partial charge in [0.2, 0.25) is 0 Å². The van der Waals surface area contributed by atoms with E-state index in [1.165, 1.54) is 18.4 Å². The van der Waals surface area contributed by atoms with E-state index in [4.69, 9.17) is 14.2 Å². The molecule has 0 bridgehead atoms. The summed E-state index contributed by atoms with van der Waals surface area (Å²) < 4.78 is 17.5. The van der Waals surface area contributed by atoms with Crippen LogP contribution in [0.4, 0.5) is 0 Å². The number of fused-ring (bicyclic) bond motifs is 1. The number of hydrogen-bond acceptors (Lipinski definition) is 3. The van der Waals surface area contributed by atoms with E-state index in [9.17, 15) is 0 Å². The predicted molar refractivity (Wildman–Crippen MR) is 88.9 cm³/mol. The Morgan fingerprint density at radius 3 is 2.43 bits per heavy atom. The molecule has 2 aliphatic carbocycles. The van der Waals surface area contributed by atoms with Gasteiger partial charge in [-0.3, -0.25) is 0 Å². The van der Waals surface area contributed by atoms with Gasteiger partial charge in [-0.2, -0.15) is 0 Å². The fraction of sp³-hybridized carbons (Fsp3) is 0.600. The van der Waals surface area contributed by atoms with Gasteiger partial charge in [0.25, 0.3) is 0 Å². The second-order valence-corrected chi connectivity index (χ2v) is 7.13. The summed E-state index contributed by atoms with van der Waals surface area (Å²) in [5.74, 6) is 1.33. The third kappa shape index (κ3) is 3.52.